The van der Waals surface area contributed by atoms with Crippen molar-refractivity contribution >= 4 is 56.3 Å². The van der Waals surface area contributed by atoms with E-state index in [-0.39, 0.29) is 41.6 Å². The number of methoxy groups -OCH3 is 1. The number of pyridine rings is 1. The number of H-pyrrole nitrogens is 2. The molecular formula is C39H47N9O5S. The van der Waals surface area contributed by atoms with Crippen LogP contribution in [-0.2, 0) is 19.1 Å². The van der Waals surface area contributed by atoms with Gasteiger partial charge in [-0.05, 0) is 67.2 Å². The predicted octanol–water partition coefficient (Wildman–Crippen LogP) is 6.10. The number of thiophene rings is 1. The van der Waals surface area contributed by atoms with Crippen LogP contribution in [-0.4, -0.2) is 90.8 Å². The fraction of sp³-hybridized carbons (Fsp3) is 0.462. The van der Waals surface area contributed by atoms with Crippen molar-refractivity contribution in [2.75, 3.05) is 20.2 Å². The molecule has 15 heteroatoms. The van der Waals surface area contributed by atoms with Crippen LogP contribution in [0.5, 0.6) is 0 Å². The summed E-state index contributed by atoms with van der Waals surface area (Å²) in [5.41, 5.74) is 4.27. The smallest absolute Gasteiger partial charge is 0.407 e. The standard InChI is InChI=1S/C39H47N9O5S/c1-20(2)31(42-22(5)49)37(50)47-15-7-9-28(47)35-41-19-27(44-35)24-12-13-25(40-18-24)30-17-23-11-14-26-33(34(23)54-30)45-36(43-26)29-10-8-16-48(29)38(51)32(21(3)4)46-39(52)53-6/h11-14,17-21,28-29,31-32H,7-10,15-16H2,1-6H3,(H,41,44)(H,42,49)(H,43,45)(H,46,52)/t28-,29-,31-,32-/m0/s1. The van der Waals surface area contributed by atoms with E-state index in [1.54, 1.807) is 17.5 Å². The number of amides is 4. The minimum absolute atomic E-state index is 0.0369. The van der Waals surface area contributed by atoms with Crippen LogP contribution in [0.15, 0.2) is 42.7 Å². The van der Waals surface area contributed by atoms with E-state index in [9.17, 15) is 19.2 Å². The third-order valence-corrected chi connectivity index (χ3v) is 11.6. The maximum absolute atomic E-state index is 13.7. The first-order chi connectivity index (χ1) is 25.9. The minimum Gasteiger partial charge on any atom is -0.453 e. The molecule has 0 unspecified atom stereocenters. The van der Waals surface area contributed by atoms with Gasteiger partial charge in [0.15, 0.2) is 0 Å². The second kappa shape index (κ2) is 15.2. The average Bonchev–Trinajstić information content (AvgIpc) is 4.00. The fourth-order valence-corrected chi connectivity index (χ4v) is 8.77. The minimum atomic E-state index is -0.698. The number of fused-ring (bicyclic) bond motifs is 3. The molecule has 4 aromatic heterocycles. The Labute approximate surface area is 317 Å². The number of nitrogens with zero attached hydrogens (tertiary/aromatic N) is 5. The summed E-state index contributed by atoms with van der Waals surface area (Å²) >= 11 is 1.62. The summed E-state index contributed by atoms with van der Waals surface area (Å²) < 4.78 is 5.81. The second-order valence-electron chi connectivity index (χ2n) is 14.9. The molecule has 0 spiro atoms. The summed E-state index contributed by atoms with van der Waals surface area (Å²) in [6, 6.07) is 8.53. The van der Waals surface area contributed by atoms with Gasteiger partial charge in [0.2, 0.25) is 17.7 Å². The molecule has 7 rings (SSSR count). The molecule has 5 aromatic rings. The van der Waals surface area contributed by atoms with E-state index in [1.165, 1.54) is 14.0 Å². The predicted molar refractivity (Wildman–Crippen MR) is 206 cm³/mol. The Bertz CT molecular complexity index is 2190. The number of likely N-dealkylation sites (tertiary alicyclic amines) is 2. The number of benzene rings is 1. The summed E-state index contributed by atoms with van der Waals surface area (Å²) in [6.45, 7) is 10.3. The van der Waals surface area contributed by atoms with Gasteiger partial charge >= 0.3 is 6.09 Å². The lowest BCUT2D eigenvalue weighted by atomic mass is 10.0. The molecule has 0 radical (unpaired) electrons. The highest BCUT2D eigenvalue weighted by Gasteiger charge is 2.39. The zero-order chi connectivity index (χ0) is 38.3. The van der Waals surface area contributed by atoms with Gasteiger partial charge in [0.1, 0.15) is 29.2 Å². The molecule has 0 bridgehead atoms. The van der Waals surface area contributed by atoms with Gasteiger partial charge < -0.3 is 35.1 Å². The number of ether oxygens (including phenoxy) is 1. The molecule has 2 aliphatic heterocycles. The zero-order valence-electron chi connectivity index (χ0n) is 31.4. The number of hydrogen-bond donors (Lipinski definition) is 4. The molecule has 4 N–H and O–H groups in total. The summed E-state index contributed by atoms with van der Waals surface area (Å²) in [5.74, 6) is 0.860. The molecule has 14 nitrogen and oxygen atoms in total. The average molecular weight is 754 g/mol. The van der Waals surface area contributed by atoms with Crippen LogP contribution in [0.2, 0.25) is 0 Å². The van der Waals surface area contributed by atoms with E-state index in [4.69, 9.17) is 14.7 Å². The molecule has 0 saturated carbocycles. The number of carbonyl (C=O) groups excluding carboxylic acids is 4. The van der Waals surface area contributed by atoms with Crippen LogP contribution in [0.25, 0.3) is 42.9 Å². The molecule has 1 aromatic carbocycles. The molecule has 2 saturated heterocycles. The Morgan fingerprint density at radius 3 is 2.13 bits per heavy atom. The van der Waals surface area contributed by atoms with E-state index in [1.807, 2.05) is 61.9 Å². The van der Waals surface area contributed by atoms with Crippen molar-refractivity contribution in [2.45, 2.75) is 84.5 Å². The van der Waals surface area contributed by atoms with Crippen LogP contribution in [0, 0.1) is 11.8 Å². The number of rotatable bonds is 10. The number of carbonyl (C=O) groups is 4. The lowest BCUT2D eigenvalue weighted by molar-refractivity contribution is -0.138. The Morgan fingerprint density at radius 2 is 1.52 bits per heavy atom. The SMILES string of the molecule is COC(=O)N[C@H](C(=O)N1CCC[C@H]1c1nc2c(ccc3cc(-c4ccc(-c5cnc([C@@H]6CCCN6C(=O)[C@@H](NC(C)=O)C(C)C)[nH]5)cn4)sc32)[nH]1)C(C)C. The van der Waals surface area contributed by atoms with Crippen LogP contribution < -0.4 is 10.6 Å². The van der Waals surface area contributed by atoms with Gasteiger partial charge in [-0.2, -0.15) is 0 Å². The zero-order valence-corrected chi connectivity index (χ0v) is 32.3. The van der Waals surface area contributed by atoms with E-state index < -0.39 is 18.2 Å². The van der Waals surface area contributed by atoms with E-state index in [0.29, 0.717) is 13.1 Å². The lowest BCUT2D eigenvalue weighted by Gasteiger charge is -2.30. The van der Waals surface area contributed by atoms with Gasteiger partial charge in [0.05, 0.1) is 51.9 Å². The first-order valence-corrected chi connectivity index (χ1v) is 19.4. The van der Waals surface area contributed by atoms with Crippen LogP contribution in [0.3, 0.4) is 0 Å². The first-order valence-electron chi connectivity index (χ1n) is 18.6. The van der Waals surface area contributed by atoms with Gasteiger partial charge in [0.25, 0.3) is 0 Å². The van der Waals surface area contributed by atoms with Gasteiger partial charge in [-0.15, -0.1) is 11.3 Å². The number of aromatic amines is 2. The Morgan fingerprint density at radius 1 is 0.852 bits per heavy atom. The second-order valence-corrected chi connectivity index (χ2v) is 15.9. The molecule has 2 aliphatic rings. The summed E-state index contributed by atoms with van der Waals surface area (Å²) in [5, 5.41) is 6.59. The highest BCUT2D eigenvalue weighted by atomic mass is 32.1. The van der Waals surface area contributed by atoms with E-state index in [2.05, 4.69) is 37.7 Å². The molecule has 0 aliphatic carbocycles. The van der Waals surface area contributed by atoms with Crippen molar-refractivity contribution in [3.63, 3.8) is 0 Å². The van der Waals surface area contributed by atoms with Crippen molar-refractivity contribution in [1.29, 1.82) is 0 Å². The fourth-order valence-electron chi connectivity index (χ4n) is 7.64. The van der Waals surface area contributed by atoms with Crippen molar-refractivity contribution < 1.29 is 23.9 Å². The van der Waals surface area contributed by atoms with E-state index in [0.717, 1.165) is 80.3 Å². The van der Waals surface area contributed by atoms with Crippen molar-refractivity contribution in [1.82, 2.24) is 45.4 Å². The highest BCUT2D eigenvalue weighted by Crippen LogP contribution is 2.39. The van der Waals surface area contributed by atoms with Crippen LogP contribution in [0.4, 0.5) is 4.79 Å². The Balaban J connectivity index is 1.09. The molecule has 54 heavy (non-hydrogen) atoms. The third-order valence-electron chi connectivity index (χ3n) is 10.5. The van der Waals surface area contributed by atoms with Gasteiger partial charge in [-0.1, -0.05) is 33.8 Å². The number of nitrogens with one attached hydrogen (secondary N) is 4. The molecule has 284 valence electrons. The van der Waals surface area contributed by atoms with Crippen molar-refractivity contribution in [3.05, 3.63) is 54.4 Å². The number of imidazole rings is 2. The molecule has 4 amide bonds. The Kier molecular flexibility index (Phi) is 10.4. The molecule has 4 atom stereocenters. The molecule has 2 fully saturated rings. The number of hydrogen-bond acceptors (Lipinski definition) is 9. The molecule has 6 heterocycles. The largest absolute Gasteiger partial charge is 0.453 e. The van der Waals surface area contributed by atoms with Gasteiger partial charge in [-0.3, -0.25) is 19.4 Å². The summed E-state index contributed by atoms with van der Waals surface area (Å²) in [7, 11) is 1.29. The van der Waals surface area contributed by atoms with Crippen LogP contribution in [0.1, 0.15) is 84.0 Å². The van der Waals surface area contributed by atoms with Crippen LogP contribution >= 0.6 is 11.3 Å². The monoisotopic (exact) mass is 753 g/mol. The number of aromatic nitrogens is 5. The maximum Gasteiger partial charge on any atom is 0.407 e. The number of alkyl carbamates (subject to hydrolysis) is 1. The van der Waals surface area contributed by atoms with Crippen molar-refractivity contribution in [2.24, 2.45) is 11.8 Å². The highest BCUT2D eigenvalue weighted by molar-refractivity contribution is 7.23. The maximum atomic E-state index is 13.7. The van der Waals surface area contributed by atoms with Gasteiger partial charge in [-0.25, -0.2) is 14.8 Å². The normalized spacial score (nSPS) is 18.5. The van der Waals surface area contributed by atoms with E-state index >= 15 is 0 Å². The first kappa shape index (κ1) is 37.0. The summed E-state index contributed by atoms with van der Waals surface area (Å²) in [6.07, 6.45) is 6.25. The summed E-state index contributed by atoms with van der Waals surface area (Å²) in [4.78, 5) is 77.1. The topological polar surface area (TPSA) is 178 Å². The third kappa shape index (κ3) is 7.16. The lowest BCUT2D eigenvalue weighted by Crippen LogP contribution is -2.51. The quantitative estimate of drug-likeness (QED) is 0.132. The van der Waals surface area contributed by atoms with Crippen molar-refractivity contribution in [3.8, 4) is 21.8 Å². The molecular weight excluding hydrogens is 707 g/mol. The Hall–Kier alpha value is -5.31. The van der Waals surface area contributed by atoms with Gasteiger partial charge in [0, 0.05) is 31.8 Å².